The van der Waals surface area contributed by atoms with Gasteiger partial charge in [-0.15, -0.1) is 0 Å². The van der Waals surface area contributed by atoms with Crippen LogP contribution in [0.5, 0.6) is 17.2 Å². The molecule has 0 radical (unpaired) electrons. The third-order valence-electron chi connectivity index (χ3n) is 3.23. The van der Waals surface area contributed by atoms with Crippen LogP contribution in [0.4, 0.5) is 4.39 Å². The number of rotatable bonds is 3. The van der Waals surface area contributed by atoms with Gasteiger partial charge in [0.05, 0.1) is 0 Å². The molecular weight excluding hydrogens is 359 g/mol. The topological polar surface area (TPSA) is 134 Å². The molecule has 0 bridgehead atoms. The fourth-order valence-electron chi connectivity index (χ4n) is 2.22. The van der Waals surface area contributed by atoms with Crippen molar-refractivity contribution < 1.29 is 36.2 Å². The van der Waals surface area contributed by atoms with Crippen molar-refractivity contribution in [2.24, 2.45) is 0 Å². The summed E-state index contributed by atoms with van der Waals surface area (Å²) in [6.07, 6.45) is 0. The Morgan fingerprint density at radius 3 is 2.28 bits per heavy atom. The average molecular weight is 368 g/mol. The van der Waals surface area contributed by atoms with Crippen LogP contribution in [0.2, 0.25) is 0 Å². The number of aromatic hydroxyl groups is 2. The summed E-state index contributed by atoms with van der Waals surface area (Å²) in [5, 5.41) is 19.1. The van der Waals surface area contributed by atoms with Crippen LogP contribution in [0.25, 0.3) is 22.3 Å². The molecule has 25 heavy (non-hydrogen) atoms. The second-order valence-electron chi connectivity index (χ2n) is 4.94. The van der Waals surface area contributed by atoms with Crippen LogP contribution in [0.3, 0.4) is 0 Å². The van der Waals surface area contributed by atoms with Crippen LogP contribution >= 0.6 is 0 Å². The summed E-state index contributed by atoms with van der Waals surface area (Å²) >= 11 is 0. The van der Waals surface area contributed by atoms with E-state index in [9.17, 15) is 27.8 Å². The molecular formula is C15H9FO8S. The highest BCUT2D eigenvalue weighted by Gasteiger charge is 2.23. The van der Waals surface area contributed by atoms with Gasteiger partial charge in [0, 0.05) is 17.7 Å². The fraction of sp³-hybridized carbons (Fsp3) is 0. The van der Waals surface area contributed by atoms with Gasteiger partial charge in [-0.3, -0.25) is 9.35 Å². The molecule has 0 aliphatic rings. The Hall–Kier alpha value is -3.11. The molecule has 2 aromatic carbocycles. The van der Waals surface area contributed by atoms with E-state index >= 15 is 0 Å². The van der Waals surface area contributed by atoms with Gasteiger partial charge in [0.2, 0.25) is 5.75 Å². The highest BCUT2D eigenvalue weighted by Crippen LogP contribution is 2.41. The lowest BCUT2D eigenvalue weighted by molar-refractivity contribution is 0.367. The van der Waals surface area contributed by atoms with E-state index in [0.717, 1.165) is 18.2 Å². The van der Waals surface area contributed by atoms with Crippen LogP contribution in [0.15, 0.2) is 45.6 Å². The van der Waals surface area contributed by atoms with Gasteiger partial charge < -0.3 is 18.8 Å². The van der Waals surface area contributed by atoms with E-state index < -0.39 is 49.9 Å². The summed E-state index contributed by atoms with van der Waals surface area (Å²) in [6.45, 7) is 0. The maximum Gasteiger partial charge on any atom is 0.446 e. The lowest BCUT2D eigenvalue weighted by Gasteiger charge is -2.10. The van der Waals surface area contributed by atoms with Crippen LogP contribution in [-0.2, 0) is 10.4 Å². The predicted molar refractivity (Wildman–Crippen MR) is 83.4 cm³/mol. The number of benzene rings is 2. The van der Waals surface area contributed by atoms with Crippen molar-refractivity contribution in [2.45, 2.75) is 0 Å². The molecule has 130 valence electrons. The van der Waals surface area contributed by atoms with Gasteiger partial charge in [0.15, 0.2) is 16.8 Å². The van der Waals surface area contributed by atoms with Gasteiger partial charge in [-0.05, 0) is 24.3 Å². The first-order chi connectivity index (χ1) is 11.7. The molecule has 1 heterocycles. The van der Waals surface area contributed by atoms with E-state index in [1.807, 2.05) is 0 Å². The largest absolute Gasteiger partial charge is 0.507 e. The number of phenols is 2. The Balaban J connectivity index is 2.36. The summed E-state index contributed by atoms with van der Waals surface area (Å²) in [6, 6.07) is 6.46. The van der Waals surface area contributed by atoms with E-state index in [4.69, 9.17) is 8.97 Å². The minimum atomic E-state index is -5.05. The molecule has 0 aliphatic carbocycles. The lowest BCUT2D eigenvalue weighted by atomic mass is 10.1. The normalized spacial score (nSPS) is 11.6. The molecule has 8 nitrogen and oxygen atoms in total. The van der Waals surface area contributed by atoms with Crippen molar-refractivity contribution in [1.29, 1.82) is 0 Å². The molecule has 0 unspecified atom stereocenters. The van der Waals surface area contributed by atoms with Gasteiger partial charge in [0.1, 0.15) is 22.7 Å². The second-order valence-corrected chi connectivity index (χ2v) is 5.96. The molecule has 0 aliphatic heterocycles. The van der Waals surface area contributed by atoms with Crippen LogP contribution in [0, 0.1) is 5.82 Å². The minimum Gasteiger partial charge on any atom is -0.507 e. The number of halogens is 1. The molecule has 0 fully saturated rings. The van der Waals surface area contributed by atoms with E-state index in [2.05, 4.69) is 4.18 Å². The Kier molecular flexibility index (Phi) is 3.85. The van der Waals surface area contributed by atoms with Crippen molar-refractivity contribution in [3.8, 4) is 28.6 Å². The Morgan fingerprint density at radius 2 is 1.68 bits per heavy atom. The average Bonchev–Trinajstić information content (AvgIpc) is 2.50. The van der Waals surface area contributed by atoms with Crippen molar-refractivity contribution >= 4 is 21.4 Å². The summed E-state index contributed by atoms with van der Waals surface area (Å²) in [5.41, 5.74) is -1.12. The number of fused-ring (bicyclic) bond motifs is 1. The first kappa shape index (κ1) is 16.7. The summed E-state index contributed by atoms with van der Waals surface area (Å²) in [5.74, 6) is -3.09. The quantitative estimate of drug-likeness (QED) is 0.599. The zero-order valence-electron chi connectivity index (χ0n) is 12.1. The van der Waals surface area contributed by atoms with Crippen LogP contribution < -0.4 is 9.61 Å². The van der Waals surface area contributed by atoms with Crippen molar-refractivity contribution in [3.05, 3.63) is 52.4 Å². The standard InChI is InChI=1S/C15H9FO8S/c16-8-3-1-7(2-4-8)12-6-10(18)13-9(17)5-11(19)14(15(13)23-12)24-25(20,21)22/h1-6,17,19H,(H,20,21,22). The van der Waals surface area contributed by atoms with Gasteiger partial charge in [-0.25, -0.2) is 4.39 Å². The Bertz CT molecular complexity index is 1130. The SMILES string of the molecule is O=c1cc(-c2ccc(F)cc2)oc2c(OS(=O)(=O)O)c(O)cc(O)c12. The Morgan fingerprint density at radius 1 is 1.04 bits per heavy atom. The molecule has 10 heteroatoms. The highest BCUT2D eigenvalue weighted by molar-refractivity contribution is 7.81. The Labute approximate surface area is 139 Å². The molecule has 0 spiro atoms. The van der Waals surface area contributed by atoms with Gasteiger partial charge in [-0.1, -0.05) is 0 Å². The molecule has 3 aromatic rings. The third kappa shape index (κ3) is 3.25. The first-order valence-electron chi connectivity index (χ1n) is 6.61. The highest BCUT2D eigenvalue weighted by atomic mass is 32.3. The zero-order chi connectivity index (χ0) is 18.4. The van der Waals surface area contributed by atoms with Crippen molar-refractivity contribution in [3.63, 3.8) is 0 Å². The maximum absolute atomic E-state index is 13.0. The van der Waals surface area contributed by atoms with E-state index in [0.29, 0.717) is 6.07 Å². The lowest BCUT2D eigenvalue weighted by Crippen LogP contribution is -2.09. The van der Waals surface area contributed by atoms with Crippen molar-refractivity contribution in [2.75, 3.05) is 0 Å². The summed E-state index contributed by atoms with van der Waals surface area (Å²) < 4.78 is 53.4. The summed E-state index contributed by atoms with van der Waals surface area (Å²) in [4.78, 5) is 12.2. The van der Waals surface area contributed by atoms with E-state index in [-0.39, 0.29) is 11.3 Å². The molecule has 1 aromatic heterocycles. The molecule has 3 rings (SSSR count). The molecule has 0 saturated carbocycles. The van der Waals surface area contributed by atoms with Crippen LogP contribution in [-0.4, -0.2) is 23.2 Å². The number of hydrogen-bond acceptors (Lipinski definition) is 7. The maximum atomic E-state index is 13.0. The molecule has 0 saturated heterocycles. The number of hydrogen-bond donors (Lipinski definition) is 3. The zero-order valence-corrected chi connectivity index (χ0v) is 12.9. The summed E-state index contributed by atoms with van der Waals surface area (Å²) in [7, 11) is -5.05. The van der Waals surface area contributed by atoms with Crippen LogP contribution in [0.1, 0.15) is 0 Å². The smallest absolute Gasteiger partial charge is 0.446 e. The van der Waals surface area contributed by atoms with Gasteiger partial charge >= 0.3 is 10.4 Å². The number of phenolic OH excluding ortho intramolecular Hbond substituents is 2. The second kappa shape index (κ2) is 5.76. The minimum absolute atomic E-state index is 0.109. The van der Waals surface area contributed by atoms with E-state index in [1.54, 1.807) is 0 Å². The molecule has 0 atom stereocenters. The van der Waals surface area contributed by atoms with Crippen molar-refractivity contribution in [1.82, 2.24) is 0 Å². The monoisotopic (exact) mass is 368 g/mol. The molecule has 0 amide bonds. The molecule has 3 N–H and O–H groups in total. The van der Waals surface area contributed by atoms with Gasteiger partial charge in [0.25, 0.3) is 0 Å². The van der Waals surface area contributed by atoms with E-state index in [1.165, 1.54) is 12.1 Å². The first-order valence-corrected chi connectivity index (χ1v) is 7.98. The predicted octanol–water partition coefficient (Wildman–Crippen LogP) is 2.19. The fourth-order valence-corrected chi connectivity index (χ4v) is 2.59. The van der Waals surface area contributed by atoms with Gasteiger partial charge in [-0.2, -0.15) is 8.42 Å². The third-order valence-corrected chi connectivity index (χ3v) is 3.61.